The molecule has 1 aliphatic rings. The predicted molar refractivity (Wildman–Crippen MR) is 106 cm³/mol. The van der Waals surface area contributed by atoms with Gasteiger partial charge in [-0.25, -0.2) is 0 Å². The third-order valence-electron chi connectivity index (χ3n) is 4.72. The number of thioether (sulfide) groups is 1. The average molecular weight is 398 g/mol. The molecule has 3 aromatic rings. The van der Waals surface area contributed by atoms with Crippen molar-refractivity contribution in [2.45, 2.75) is 24.5 Å². The molecule has 2 aromatic heterocycles. The van der Waals surface area contributed by atoms with Gasteiger partial charge in [-0.2, -0.15) is 0 Å². The number of rotatable bonds is 7. The average Bonchev–Trinajstić information content (AvgIpc) is 3.49. The van der Waals surface area contributed by atoms with Crippen LogP contribution in [0.4, 0.5) is 0 Å². The minimum Gasteiger partial charge on any atom is -0.497 e. The highest BCUT2D eigenvalue weighted by Gasteiger charge is 2.21. The molecule has 146 valence electrons. The van der Waals surface area contributed by atoms with Crippen LogP contribution in [0.5, 0.6) is 5.75 Å². The summed E-state index contributed by atoms with van der Waals surface area (Å²) in [6, 6.07) is 11.5. The molecule has 1 aromatic carbocycles. The number of carbonyl (C=O) groups excluding carboxylic acids is 1. The number of likely N-dealkylation sites (tertiary alicyclic amines) is 1. The van der Waals surface area contributed by atoms with Crippen molar-refractivity contribution < 1.29 is 13.9 Å². The lowest BCUT2D eigenvalue weighted by Gasteiger charge is -2.15. The summed E-state index contributed by atoms with van der Waals surface area (Å²) in [5, 5.41) is 9.43. The maximum Gasteiger partial charge on any atom is 0.233 e. The second-order valence-corrected chi connectivity index (χ2v) is 7.52. The summed E-state index contributed by atoms with van der Waals surface area (Å²) in [4.78, 5) is 14.3. The van der Waals surface area contributed by atoms with Crippen molar-refractivity contribution in [3.8, 4) is 17.1 Å². The van der Waals surface area contributed by atoms with E-state index in [4.69, 9.17) is 9.15 Å². The van der Waals surface area contributed by atoms with E-state index in [1.54, 1.807) is 13.4 Å². The molecule has 1 saturated heterocycles. The van der Waals surface area contributed by atoms with Crippen molar-refractivity contribution in [1.29, 1.82) is 0 Å². The molecule has 28 heavy (non-hydrogen) atoms. The normalized spacial score (nSPS) is 13.8. The van der Waals surface area contributed by atoms with Gasteiger partial charge in [0.05, 0.1) is 25.7 Å². The molecule has 3 heterocycles. The van der Waals surface area contributed by atoms with Crippen LogP contribution in [0, 0.1) is 0 Å². The second kappa shape index (κ2) is 8.52. The predicted octanol–water partition coefficient (Wildman–Crippen LogP) is 3.31. The van der Waals surface area contributed by atoms with Gasteiger partial charge in [0, 0.05) is 18.7 Å². The van der Waals surface area contributed by atoms with Crippen molar-refractivity contribution in [3.05, 3.63) is 48.4 Å². The van der Waals surface area contributed by atoms with Crippen molar-refractivity contribution in [1.82, 2.24) is 19.7 Å². The largest absolute Gasteiger partial charge is 0.497 e. The molecule has 1 amide bonds. The van der Waals surface area contributed by atoms with E-state index < -0.39 is 0 Å². The number of hydrogen-bond donors (Lipinski definition) is 0. The zero-order valence-electron chi connectivity index (χ0n) is 15.7. The standard InChI is InChI=1S/C20H22N4O3S/c1-26-16-7-4-6-15(12-16)19-21-22-20(24(19)13-17-8-5-11-27-17)28-14-18(25)23-9-2-3-10-23/h4-8,11-12H,2-3,9-10,13-14H2,1H3. The van der Waals surface area contributed by atoms with Gasteiger partial charge in [0.2, 0.25) is 5.91 Å². The maximum absolute atomic E-state index is 12.4. The molecule has 0 N–H and O–H groups in total. The first-order valence-corrected chi connectivity index (χ1v) is 10.2. The SMILES string of the molecule is COc1cccc(-c2nnc(SCC(=O)N3CCCC3)n2Cc2ccco2)c1. The fraction of sp³-hybridized carbons (Fsp3) is 0.350. The lowest BCUT2D eigenvalue weighted by atomic mass is 10.2. The summed E-state index contributed by atoms with van der Waals surface area (Å²) in [6.45, 7) is 2.20. The molecule has 0 aliphatic carbocycles. The molecule has 0 unspecified atom stereocenters. The quantitative estimate of drug-likeness (QED) is 0.569. The lowest BCUT2D eigenvalue weighted by molar-refractivity contribution is -0.127. The van der Waals surface area contributed by atoms with Crippen LogP contribution in [-0.4, -0.2) is 51.5 Å². The van der Waals surface area contributed by atoms with Gasteiger partial charge in [-0.05, 0) is 37.1 Å². The summed E-state index contributed by atoms with van der Waals surface area (Å²) < 4.78 is 12.8. The molecule has 0 radical (unpaired) electrons. The minimum atomic E-state index is 0.151. The number of methoxy groups -OCH3 is 1. The Bertz CT molecular complexity index is 933. The maximum atomic E-state index is 12.4. The third kappa shape index (κ3) is 4.06. The molecular formula is C20H22N4O3S. The van der Waals surface area contributed by atoms with Crippen LogP contribution in [0.1, 0.15) is 18.6 Å². The number of furan rings is 1. The topological polar surface area (TPSA) is 73.4 Å². The van der Waals surface area contributed by atoms with Crippen molar-refractivity contribution in [2.75, 3.05) is 26.0 Å². The highest BCUT2D eigenvalue weighted by molar-refractivity contribution is 7.99. The van der Waals surface area contributed by atoms with E-state index in [9.17, 15) is 4.79 Å². The van der Waals surface area contributed by atoms with Gasteiger partial charge in [0.1, 0.15) is 11.5 Å². The monoisotopic (exact) mass is 398 g/mol. The fourth-order valence-electron chi connectivity index (χ4n) is 3.26. The van der Waals surface area contributed by atoms with Crippen LogP contribution >= 0.6 is 11.8 Å². The van der Waals surface area contributed by atoms with Gasteiger partial charge in [-0.15, -0.1) is 10.2 Å². The van der Waals surface area contributed by atoms with Crippen molar-refractivity contribution >= 4 is 17.7 Å². The first-order valence-electron chi connectivity index (χ1n) is 9.25. The summed E-state index contributed by atoms with van der Waals surface area (Å²) in [5.74, 6) is 2.78. The van der Waals surface area contributed by atoms with Gasteiger partial charge in [-0.1, -0.05) is 23.9 Å². The van der Waals surface area contributed by atoms with Crippen LogP contribution in [0.3, 0.4) is 0 Å². The number of aromatic nitrogens is 3. The molecule has 8 heteroatoms. The van der Waals surface area contributed by atoms with E-state index in [0.717, 1.165) is 43.0 Å². The van der Waals surface area contributed by atoms with E-state index in [-0.39, 0.29) is 5.91 Å². The first kappa shape index (κ1) is 18.6. The van der Waals surface area contributed by atoms with Crippen LogP contribution in [0.2, 0.25) is 0 Å². The number of ether oxygens (including phenoxy) is 1. The number of benzene rings is 1. The summed E-state index contributed by atoms with van der Waals surface area (Å²) in [7, 11) is 1.64. The smallest absolute Gasteiger partial charge is 0.233 e. The molecule has 7 nitrogen and oxygen atoms in total. The minimum absolute atomic E-state index is 0.151. The number of nitrogens with zero attached hydrogens (tertiary/aromatic N) is 4. The Balaban J connectivity index is 1.60. The van der Waals surface area contributed by atoms with Gasteiger partial charge >= 0.3 is 0 Å². The summed E-state index contributed by atoms with van der Waals surface area (Å²) >= 11 is 1.41. The summed E-state index contributed by atoms with van der Waals surface area (Å²) in [6.07, 6.45) is 3.82. The molecule has 0 atom stereocenters. The van der Waals surface area contributed by atoms with Crippen molar-refractivity contribution in [3.63, 3.8) is 0 Å². The highest BCUT2D eigenvalue weighted by atomic mass is 32.2. The van der Waals surface area contributed by atoms with E-state index in [0.29, 0.717) is 23.3 Å². The number of amides is 1. The second-order valence-electron chi connectivity index (χ2n) is 6.58. The Morgan fingerprint density at radius 3 is 2.82 bits per heavy atom. The molecule has 0 bridgehead atoms. The summed E-state index contributed by atoms with van der Waals surface area (Å²) in [5.41, 5.74) is 0.899. The van der Waals surface area contributed by atoms with Crippen LogP contribution in [0.15, 0.2) is 52.2 Å². The third-order valence-corrected chi connectivity index (χ3v) is 5.67. The zero-order chi connectivity index (χ0) is 19.3. The van der Waals surface area contributed by atoms with E-state index in [2.05, 4.69) is 10.2 Å². The number of carbonyl (C=O) groups is 1. The van der Waals surface area contributed by atoms with Crippen LogP contribution in [-0.2, 0) is 11.3 Å². The van der Waals surface area contributed by atoms with Crippen LogP contribution in [0.25, 0.3) is 11.4 Å². The molecule has 1 aliphatic heterocycles. The highest BCUT2D eigenvalue weighted by Crippen LogP contribution is 2.28. The Kier molecular flexibility index (Phi) is 5.66. The van der Waals surface area contributed by atoms with Crippen LogP contribution < -0.4 is 4.74 Å². The molecule has 0 saturated carbocycles. The van der Waals surface area contributed by atoms with Gasteiger partial charge in [0.25, 0.3) is 0 Å². The van der Waals surface area contributed by atoms with Gasteiger partial charge < -0.3 is 14.1 Å². The fourth-order valence-corrected chi connectivity index (χ4v) is 4.10. The molecular weight excluding hydrogens is 376 g/mol. The zero-order valence-corrected chi connectivity index (χ0v) is 16.5. The van der Waals surface area contributed by atoms with E-state index >= 15 is 0 Å². The Labute approximate surface area is 167 Å². The van der Waals surface area contributed by atoms with E-state index in [1.807, 2.05) is 45.9 Å². The van der Waals surface area contributed by atoms with Gasteiger partial charge in [0.15, 0.2) is 11.0 Å². The lowest BCUT2D eigenvalue weighted by Crippen LogP contribution is -2.29. The molecule has 0 spiro atoms. The number of hydrogen-bond acceptors (Lipinski definition) is 6. The van der Waals surface area contributed by atoms with Crippen molar-refractivity contribution in [2.24, 2.45) is 0 Å². The molecule has 1 fully saturated rings. The van der Waals surface area contributed by atoms with E-state index in [1.165, 1.54) is 11.8 Å². The first-order chi connectivity index (χ1) is 13.7. The Morgan fingerprint density at radius 1 is 1.21 bits per heavy atom. The van der Waals surface area contributed by atoms with Gasteiger partial charge in [-0.3, -0.25) is 9.36 Å². The molecule has 4 rings (SSSR count). The Hall–Kier alpha value is -2.74. The Morgan fingerprint density at radius 2 is 2.07 bits per heavy atom.